The Hall–Kier alpha value is -0.790. The van der Waals surface area contributed by atoms with E-state index in [1.807, 2.05) is 13.8 Å². The van der Waals surface area contributed by atoms with Crippen molar-refractivity contribution in [2.45, 2.75) is 40.2 Å². The monoisotopic (exact) mass is 168 g/mol. The second-order valence-electron chi connectivity index (χ2n) is 4.38. The van der Waals surface area contributed by atoms with Gasteiger partial charge in [0.15, 0.2) is 0 Å². The summed E-state index contributed by atoms with van der Waals surface area (Å²) in [7, 11) is 0. The fourth-order valence-corrected chi connectivity index (χ4v) is 1.69. The van der Waals surface area contributed by atoms with E-state index >= 15 is 0 Å². The Kier molecular flexibility index (Phi) is 1.82. The van der Waals surface area contributed by atoms with Gasteiger partial charge in [0.05, 0.1) is 0 Å². The number of rotatable bonds is 2. The van der Waals surface area contributed by atoms with Gasteiger partial charge in [-0.3, -0.25) is 4.79 Å². The Labute approximate surface area is 73.6 Å². The lowest BCUT2D eigenvalue weighted by atomic mass is 9.95. The normalized spacial score (nSPS) is 19.9. The second-order valence-corrected chi connectivity index (χ2v) is 4.38. The van der Waals surface area contributed by atoms with Gasteiger partial charge in [0.25, 0.3) is 0 Å². The molecule has 0 unspecified atom stereocenters. The van der Waals surface area contributed by atoms with Crippen molar-refractivity contribution in [3.8, 4) is 0 Å². The molecule has 0 radical (unpaired) electrons. The van der Waals surface area contributed by atoms with Crippen LogP contribution in [0.1, 0.15) is 34.6 Å². The highest BCUT2D eigenvalue weighted by molar-refractivity contribution is 5.67. The predicted molar refractivity (Wildman–Crippen MR) is 47.7 cm³/mol. The van der Waals surface area contributed by atoms with E-state index in [-0.39, 0.29) is 11.4 Å². The number of ether oxygens (including phenoxy) is 1. The summed E-state index contributed by atoms with van der Waals surface area (Å²) >= 11 is 0. The maximum Gasteiger partial charge on any atom is 0.303 e. The first kappa shape index (κ1) is 9.30. The van der Waals surface area contributed by atoms with Gasteiger partial charge in [-0.25, -0.2) is 0 Å². The first-order chi connectivity index (χ1) is 5.26. The molecule has 0 aromatic heterocycles. The highest BCUT2D eigenvalue weighted by Crippen LogP contribution is 2.50. The lowest BCUT2D eigenvalue weighted by Crippen LogP contribution is -2.28. The smallest absolute Gasteiger partial charge is 0.303 e. The summed E-state index contributed by atoms with van der Waals surface area (Å²) in [6.07, 6.45) is 2.13. The quantitative estimate of drug-likeness (QED) is 0.467. The molecule has 0 atom stereocenters. The number of hydrogen-bond acceptors (Lipinski definition) is 2. The van der Waals surface area contributed by atoms with Gasteiger partial charge >= 0.3 is 5.97 Å². The molecule has 0 aromatic rings. The van der Waals surface area contributed by atoms with Crippen LogP contribution in [0.4, 0.5) is 0 Å². The van der Waals surface area contributed by atoms with E-state index in [1.54, 1.807) is 0 Å². The molecule has 0 aliphatic heterocycles. The van der Waals surface area contributed by atoms with Crippen LogP contribution in [0, 0.1) is 5.41 Å². The minimum atomic E-state index is -0.421. The molecule has 1 rings (SSSR count). The van der Waals surface area contributed by atoms with Crippen molar-refractivity contribution < 1.29 is 9.53 Å². The Morgan fingerprint density at radius 2 is 1.92 bits per heavy atom. The fraction of sp³-hybridized carbons (Fsp3) is 0.700. The maximum atomic E-state index is 10.8. The van der Waals surface area contributed by atoms with Crippen LogP contribution in [0.15, 0.2) is 11.6 Å². The third-order valence-electron chi connectivity index (χ3n) is 2.16. The summed E-state index contributed by atoms with van der Waals surface area (Å²) in [4.78, 5) is 10.8. The molecule has 0 aromatic carbocycles. The highest BCUT2D eigenvalue weighted by atomic mass is 16.6. The second kappa shape index (κ2) is 2.35. The van der Waals surface area contributed by atoms with Gasteiger partial charge in [0, 0.05) is 12.3 Å². The fourth-order valence-electron chi connectivity index (χ4n) is 1.69. The number of allylic oxidation sites excluding steroid dienone is 1. The van der Waals surface area contributed by atoms with Gasteiger partial charge in [-0.1, -0.05) is 19.9 Å². The molecule has 1 aliphatic carbocycles. The maximum absolute atomic E-state index is 10.8. The molecule has 0 saturated heterocycles. The number of esters is 1. The molecule has 12 heavy (non-hydrogen) atoms. The van der Waals surface area contributed by atoms with Crippen molar-refractivity contribution in [3.05, 3.63) is 11.6 Å². The molecule has 0 fully saturated rings. The number of hydrogen-bond donors (Lipinski definition) is 0. The van der Waals surface area contributed by atoms with E-state index in [4.69, 9.17) is 4.74 Å². The summed E-state index contributed by atoms with van der Waals surface area (Å²) in [6.45, 7) is 9.53. The average molecular weight is 168 g/mol. The molecule has 2 nitrogen and oxygen atoms in total. The van der Waals surface area contributed by atoms with Crippen LogP contribution in [0.3, 0.4) is 0 Å². The SMILES string of the molecule is CC(=O)OC(C)(C)C1=CC1(C)C. The number of carbonyl (C=O) groups is 1. The Morgan fingerprint density at radius 3 is 2.17 bits per heavy atom. The zero-order chi connectivity index (χ0) is 9.57. The first-order valence-corrected chi connectivity index (χ1v) is 4.19. The van der Waals surface area contributed by atoms with Gasteiger partial charge in [-0.05, 0) is 19.4 Å². The van der Waals surface area contributed by atoms with Crippen molar-refractivity contribution in [2.24, 2.45) is 5.41 Å². The molecule has 2 heteroatoms. The van der Waals surface area contributed by atoms with Crippen LogP contribution in [0.25, 0.3) is 0 Å². The van der Waals surface area contributed by atoms with Crippen LogP contribution >= 0.6 is 0 Å². The van der Waals surface area contributed by atoms with E-state index < -0.39 is 5.60 Å². The van der Waals surface area contributed by atoms with Crippen molar-refractivity contribution in [1.29, 1.82) is 0 Å². The minimum absolute atomic E-state index is 0.152. The number of carbonyl (C=O) groups excluding carboxylic acids is 1. The molecule has 0 N–H and O–H groups in total. The summed E-state index contributed by atoms with van der Waals surface area (Å²) in [5.74, 6) is -0.219. The topological polar surface area (TPSA) is 26.3 Å². The van der Waals surface area contributed by atoms with Gasteiger partial charge in [-0.15, -0.1) is 0 Å². The first-order valence-electron chi connectivity index (χ1n) is 4.19. The zero-order valence-corrected chi connectivity index (χ0v) is 8.39. The largest absolute Gasteiger partial charge is 0.455 e. The molecule has 0 bridgehead atoms. The average Bonchev–Trinajstić information content (AvgIpc) is 2.36. The van der Waals surface area contributed by atoms with E-state index in [1.165, 1.54) is 12.5 Å². The van der Waals surface area contributed by atoms with E-state index in [0.29, 0.717) is 0 Å². The van der Waals surface area contributed by atoms with E-state index in [0.717, 1.165) is 0 Å². The standard InChI is InChI=1S/C10H16O2/c1-7(11)12-10(4,5)8-6-9(8,2)3/h6H,1-5H3. The molecule has 1 aliphatic rings. The van der Waals surface area contributed by atoms with Crippen molar-refractivity contribution in [3.63, 3.8) is 0 Å². The predicted octanol–water partition coefficient (Wildman–Crippen LogP) is 2.29. The van der Waals surface area contributed by atoms with Gasteiger partial charge in [0.2, 0.25) is 0 Å². The van der Waals surface area contributed by atoms with Gasteiger partial charge < -0.3 is 4.74 Å². The van der Waals surface area contributed by atoms with Crippen LogP contribution in [0.2, 0.25) is 0 Å². The summed E-state index contributed by atoms with van der Waals surface area (Å²) < 4.78 is 5.19. The van der Waals surface area contributed by atoms with Crippen LogP contribution in [0.5, 0.6) is 0 Å². The summed E-state index contributed by atoms with van der Waals surface area (Å²) in [5.41, 5.74) is 0.944. The van der Waals surface area contributed by atoms with Crippen molar-refractivity contribution >= 4 is 5.97 Å². The molecule has 0 saturated carbocycles. The lowest BCUT2D eigenvalue weighted by molar-refractivity contribution is -0.150. The third-order valence-corrected chi connectivity index (χ3v) is 2.16. The van der Waals surface area contributed by atoms with Crippen molar-refractivity contribution in [2.75, 3.05) is 0 Å². The van der Waals surface area contributed by atoms with Gasteiger partial charge in [0.1, 0.15) is 5.60 Å². The van der Waals surface area contributed by atoms with Crippen LogP contribution in [-0.2, 0) is 9.53 Å². The minimum Gasteiger partial charge on any atom is -0.455 e. The summed E-state index contributed by atoms with van der Waals surface area (Å²) in [5, 5.41) is 0. The van der Waals surface area contributed by atoms with Crippen molar-refractivity contribution in [1.82, 2.24) is 0 Å². The molecule has 0 heterocycles. The Morgan fingerprint density at radius 1 is 1.50 bits per heavy atom. The van der Waals surface area contributed by atoms with Crippen LogP contribution < -0.4 is 0 Å². The molecule has 0 spiro atoms. The Balaban J connectivity index is 2.63. The molecular weight excluding hydrogens is 152 g/mol. The molecule has 0 amide bonds. The third kappa shape index (κ3) is 1.68. The van der Waals surface area contributed by atoms with E-state index in [2.05, 4.69) is 19.9 Å². The Bertz CT molecular complexity index is 247. The summed E-state index contributed by atoms with van der Waals surface area (Å²) in [6, 6.07) is 0. The van der Waals surface area contributed by atoms with Crippen LogP contribution in [-0.4, -0.2) is 11.6 Å². The zero-order valence-electron chi connectivity index (χ0n) is 8.39. The lowest BCUT2D eigenvalue weighted by Gasteiger charge is -2.24. The molecular formula is C10H16O2. The highest BCUT2D eigenvalue weighted by Gasteiger charge is 2.45. The van der Waals surface area contributed by atoms with E-state index in [9.17, 15) is 4.79 Å². The molecule has 68 valence electrons. The van der Waals surface area contributed by atoms with Gasteiger partial charge in [-0.2, -0.15) is 0 Å².